The summed E-state index contributed by atoms with van der Waals surface area (Å²) in [5.41, 5.74) is 1.02. The largest absolute Gasteiger partial charge is 0.493 e. The highest BCUT2D eigenvalue weighted by Gasteiger charge is 2.49. The molecule has 0 radical (unpaired) electrons. The monoisotopic (exact) mass is 504 g/mol. The zero-order valence-electron chi connectivity index (χ0n) is 21.8. The second-order valence-electron chi connectivity index (χ2n) is 10.2. The van der Waals surface area contributed by atoms with Crippen LogP contribution in [0.3, 0.4) is 0 Å². The van der Waals surface area contributed by atoms with Crippen LogP contribution in [0.4, 0.5) is 5.69 Å². The fourth-order valence-corrected chi connectivity index (χ4v) is 6.34. The molecular formula is C30H36N2O5. The number of nitrogens with zero attached hydrogens (tertiary/aromatic N) is 1. The first kappa shape index (κ1) is 25.4. The number of hydrogen-bond donors (Lipinski definition) is 2. The lowest BCUT2D eigenvalue weighted by atomic mass is 9.66. The number of benzene rings is 3. The number of nitrogens with one attached hydrogen (secondary N) is 1. The van der Waals surface area contributed by atoms with Crippen LogP contribution < -0.4 is 19.5 Å². The molecule has 3 aromatic rings. The van der Waals surface area contributed by atoms with Crippen molar-refractivity contribution in [2.75, 3.05) is 39.7 Å². The van der Waals surface area contributed by atoms with Crippen molar-refractivity contribution in [3.05, 3.63) is 60.2 Å². The van der Waals surface area contributed by atoms with Gasteiger partial charge in [0.15, 0.2) is 11.5 Å². The van der Waals surface area contributed by atoms with Gasteiger partial charge in [0.1, 0.15) is 0 Å². The molecule has 7 heteroatoms. The second kappa shape index (κ2) is 10.6. The van der Waals surface area contributed by atoms with Crippen LogP contribution in [0.2, 0.25) is 0 Å². The number of methoxy groups -OCH3 is 3. The molecule has 0 spiro atoms. The average Bonchev–Trinajstić information content (AvgIpc) is 2.92. The lowest BCUT2D eigenvalue weighted by Gasteiger charge is -2.52. The molecule has 1 aliphatic carbocycles. The molecule has 1 saturated carbocycles. The molecule has 7 nitrogen and oxygen atoms in total. The van der Waals surface area contributed by atoms with E-state index < -0.39 is 5.60 Å². The van der Waals surface area contributed by atoms with Gasteiger partial charge in [-0.2, -0.15) is 0 Å². The minimum Gasteiger partial charge on any atom is -0.493 e. The van der Waals surface area contributed by atoms with Crippen molar-refractivity contribution >= 4 is 22.4 Å². The maximum Gasteiger partial charge on any atom is 0.238 e. The molecule has 2 N–H and O–H groups in total. The summed E-state index contributed by atoms with van der Waals surface area (Å²) in [6.07, 6.45) is 4.43. The predicted octanol–water partition coefficient (Wildman–Crippen LogP) is 5.17. The third-order valence-electron chi connectivity index (χ3n) is 8.11. The van der Waals surface area contributed by atoms with E-state index in [1.165, 1.54) is 0 Å². The Labute approximate surface area is 218 Å². The van der Waals surface area contributed by atoms with Gasteiger partial charge >= 0.3 is 0 Å². The molecule has 37 heavy (non-hydrogen) atoms. The van der Waals surface area contributed by atoms with E-state index in [1.54, 1.807) is 21.3 Å². The number of fused-ring (bicyclic) bond motifs is 2. The van der Waals surface area contributed by atoms with E-state index in [9.17, 15) is 9.90 Å². The van der Waals surface area contributed by atoms with Crippen LogP contribution in [-0.2, 0) is 4.79 Å². The van der Waals surface area contributed by atoms with Gasteiger partial charge in [-0.05, 0) is 48.4 Å². The summed E-state index contributed by atoms with van der Waals surface area (Å²) in [5, 5.41) is 16.9. The van der Waals surface area contributed by atoms with Crippen molar-refractivity contribution in [1.82, 2.24) is 4.90 Å². The molecule has 1 heterocycles. The van der Waals surface area contributed by atoms with Crippen molar-refractivity contribution in [2.24, 2.45) is 5.92 Å². The van der Waals surface area contributed by atoms with E-state index in [0.717, 1.165) is 47.7 Å². The molecule has 1 aliphatic heterocycles. The van der Waals surface area contributed by atoms with Gasteiger partial charge in [-0.25, -0.2) is 0 Å². The Bertz CT molecular complexity index is 1250. The van der Waals surface area contributed by atoms with Crippen LogP contribution in [0.15, 0.2) is 54.6 Å². The van der Waals surface area contributed by atoms with E-state index in [1.807, 2.05) is 54.6 Å². The fraction of sp³-hybridized carbons (Fsp3) is 0.433. The fourth-order valence-electron chi connectivity index (χ4n) is 6.34. The Balaban J connectivity index is 1.48. The molecule has 3 aromatic carbocycles. The highest BCUT2D eigenvalue weighted by Crippen LogP contribution is 2.51. The third-order valence-corrected chi connectivity index (χ3v) is 8.11. The van der Waals surface area contributed by atoms with Crippen molar-refractivity contribution in [3.8, 4) is 17.2 Å². The number of amides is 1. The molecule has 5 rings (SSSR count). The minimum absolute atomic E-state index is 0.00293. The summed E-state index contributed by atoms with van der Waals surface area (Å²) >= 11 is 0. The van der Waals surface area contributed by atoms with Gasteiger partial charge in [-0.3, -0.25) is 9.69 Å². The number of aliphatic hydroxyl groups is 1. The van der Waals surface area contributed by atoms with Crippen molar-refractivity contribution in [3.63, 3.8) is 0 Å². The lowest BCUT2D eigenvalue weighted by Crippen LogP contribution is -2.56. The molecule has 0 unspecified atom stereocenters. The number of anilines is 1. The predicted molar refractivity (Wildman–Crippen MR) is 145 cm³/mol. The summed E-state index contributed by atoms with van der Waals surface area (Å²) in [6, 6.07) is 17.7. The van der Waals surface area contributed by atoms with Crippen LogP contribution in [0, 0.1) is 5.92 Å². The quantitative estimate of drug-likeness (QED) is 0.462. The molecule has 1 saturated heterocycles. The van der Waals surface area contributed by atoms with Gasteiger partial charge < -0.3 is 24.6 Å². The summed E-state index contributed by atoms with van der Waals surface area (Å²) in [6.45, 7) is 0.842. The molecule has 0 aromatic heterocycles. The Morgan fingerprint density at radius 1 is 1.00 bits per heavy atom. The molecule has 2 aliphatic rings. The highest BCUT2D eigenvalue weighted by atomic mass is 16.5. The number of likely N-dealkylation sites (tertiary alicyclic amines) is 1. The van der Waals surface area contributed by atoms with Crippen LogP contribution in [0.25, 0.3) is 10.8 Å². The number of rotatable bonds is 7. The van der Waals surface area contributed by atoms with Gasteiger partial charge in [0.2, 0.25) is 11.7 Å². The number of carbonyl (C=O) groups is 1. The Morgan fingerprint density at radius 2 is 1.73 bits per heavy atom. The topological polar surface area (TPSA) is 80.3 Å². The minimum atomic E-state index is -0.744. The summed E-state index contributed by atoms with van der Waals surface area (Å²) in [5.74, 6) is 1.60. The number of carbonyl (C=O) groups excluding carboxylic acids is 1. The van der Waals surface area contributed by atoms with Gasteiger partial charge in [0.05, 0.1) is 33.5 Å². The lowest BCUT2D eigenvalue weighted by molar-refractivity contribution is -0.135. The van der Waals surface area contributed by atoms with Gasteiger partial charge in [0, 0.05) is 29.6 Å². The molecule has 196 valence electrons. The van der Waals surface area contributed by atoms with Crippen LogP contribution >= 0.6 is 0 Å². The number of ether oxygens (including phenoxy) is 3. The first-order valence-corrected chi connectivity index (χ1v) is 13.0. The Morgan fingerprint density at radius 3 is 2.46 bits per heavy atom. The summed E-state index contributed by atoms with van der Waals surface area (Å²) in [4.78, 5) is 15.6. The molecule has 2 fully saturated rings. The standard InChI is InChI=1S/C30H36N2O5/c1-35-25-17-21(18-26(36-2)29(25)37-3)28-23-12-6-7-14-30(23,34)15-16-32(28)19-27(33)31-24-13-8-10-20-9-4-5-11-22(20)24/h4-5,8-11,13,17-18,23,28,34H,6-7,12,14-16,19H2,1-3H3,(H,31,33)/t23-,28+,30+/m0/s1. The normalized spacial score (nSPS) is 23.8. The first-order valence-electron chi connectivity index (χ1n) is 13.0. The number of hydrogen-bond acceptors (Lipinski definition) is 6. The van der Waals surface area contributed by atoms with Crippen LogP contribution in [0.5, 0.6) is 17.2 Å². The van der Waals surface area contributed by atoms with Crippen LogP contribution in [0.1, 0.15) is 43.7 Å². The molecular weight excluding hydrogens is 468 g/mol. The van der Waals surface area contributed by atoms with E-state index in [0.29, 0.717) is 30.2 Å². The molecule has 0 bridgehead atoms. The molecule has 1 amide bonds. The smallest absolute Gasteiger partial charge is 0.238 e. The Hall–Kier alpha value is -3.29. The van der Waals surface area contributed by atoms with E-state index in [-0.39, 0.29) is 24.4 Å². The highest BCUT2D eigenvalue weighted by molar-refractivity contribution is 6.02. The van der Waals surface area contributed by atoms with Crippen molar-refractivity contribution < 1.29 is 24.1 Å². The van der Waals surface area contributed by atoms with E-state index >= 15 is 0 Å². The first-order chi connectivity index (χ1) is 18.0. The summed E-state index contributed by atoms with van der Waals surface area (Å²) in [7, 11) is 4.80. The second-order valence-corrected chi connectivity index (χ2v) is 10.2. The van der Waals surface area contributed by atoms with Crippen LogP contribution in [-0.4, -0.2) is 55.9 Å². The van der Waals surface area contributed by atoms with Gasteiger partial charge in [0.25, 0.3) is 0 Å². The van der Waals surface area contributed by atoms with Crippen molar-refractivity contribution in [2.45, 2.75) is 43.7 Å². The van der Waals surface area contributed by atoms with Crippen molar-refractivity contribution in [1.29, 1.82) is 0 Å². The maximum absolute atomic E-state index is 13.4. The number of piperidine rings is 1. The zero-order valence-corrected chi connectivity index (χ0v) is 21.8. The van der Waals surface area contributed by atoms with E-state index in [4.69, 9.17) is 14.2 Å². The van der Waals surface area contributed by atoms with E-state index in [2.05, 4.69) is 10.2 Å². The van der Waals surface area contributed by atoms with Gasteiger partial charge in [-0.15, -0.1) is 0 Å². The third kappa shape index (κ3) is 4.86. The average molecular weight is 505 g/mol. The Kier molecular flexibility index (Phi) is 7.26. The molecule has 3 atom stereocenters. The summed E-state index contributed by atoms with van der Waals surface area (Å²) < 4.78 is 16.8. The maximum atomic E-state index is 13.4. The zero-order chi connectivity index (χ0) is 26.0. The van der Waals surface area contributed by atoms with Gasteiger partial charge in [-0.1, -0.05) is 49.2 Å². The SMILES string of the molecule is COc1cc([C@@H]2[C@@H]3CCCC[C@@]3(O)CCN2CC(=O)Nc2cccc3ccccc23)cc(OC)c1OC.